The summed E-state index contributed by atoms with van der Waals surface area (Å²) >= 11 is 0. The Morgan fingerprint density at radius 1 is 1.04 bits per heavy atom. The Balaban J connectivity index is 4.73. The third-order valence-electron chi connectivity index (χ3n) is 4.35. The molecule has 0 unspecified atom stereocenters. The molecule has 0 saturated carbocycles. The van der Waals surface area contributed by atoms with Crippen LogP contribution in [0, 0.1) is 10.8 Å². The number of hydrogen-bond acceptors (Lipinski definition) is 2. The van der Waals surface area contributed by atoms with Crippen molar-refractivity contribution in [3.63, 3.8) is 0 Å². The van der Waals surface area contributed by atoms with Crippen LogP contribution in [0.3, 0.4) is 0 Å². The Kier molecular flexibility index (Phi) is 7.90. The Morgan fingerprint density at radius 2 is 1.57 bits per heavy atom. The van der Waals surface area contributed by atoms with Gasteiger partial charge in [-0.1, -0.05) is 72.4 Å². The second-order valence-electron chi connectivity index (χ2n) is 8.34. The van der Waals surface area contributed by atoms with E-state index in [9.17, 15) is 0 Å². The third kappa shape index (κ3) is 7.58. The van der Waals surface area contributed by atoms with Crippen molar-refractivity contribution < 1.29 is 0 Å². The third-order valence-corrected chi connectivity index (χ3v) is 4.35. The number of likely N-dealkylation sites (N-methyl/N-ethyl adjacent to an activating group) is 1. The van der Waals surface area contributed by atoms with Gasteiger partial charge >= 0.3 is 0 Å². The topological polar surface area (TPSA) is 15.3 Å². The van der Waals surface area contributed by atoms with Crippen LogP contribution in [0.1, 0.15) is 55.4 Å². The first-order valence-electron chi connectivity index (χ1n) is 8.49. The van der Waals surface area contributed by atoms with Crippen molar-refractivity contribution in [1.82, 2.24) is 10.2 Å². The van der Waals surface area contributed by atoms with E-state index in [1.165, 1.54) is 11.1 Å². The van der Waals surface area contributed by atoms with Crippen LogP contribution < -0.4 is 5.32 Å². The molecule has 2 heteroatoms. The molecule has 0 spiro atoms. The van der Waals surface area contributed by atoms with Crippen LogP contribution in [0.5, 0.6) is 0 Å². The van der Waals surface area contributed by atoms with Crippen LogP contribution in [0.4, 0.5) is 0 Å². The minimum absolute atomic E-state index is 0.0939. The summed E-state index contributed by atoms with van der Waals surface area (Å²) in [7, 11) is 2.09. The van der Waals surface area contributed by atoms with E-state index >= 15 is 0 Å². The largest absolute Gasteiger partial charge is 0.387 e. The average Bonchev–Trinajstić information content (AvgIpc) is 2.41. The summed E-state index contributed by atoms with van der Waals surface area (Å²) in [6, 6.07) is 0. The Labute approximate surface area is 145 Å². The Bertz CT molecular complexity index is 479. The lowest BCUT2D eigenvalue weighted by Crippen LogP contribution is -2.31. The average molecular weight is 319 g/mol. The van der Waals surface area contributed by atoms with Crippen LogP contribution in [0.2, 0.25) is 0 Å². The SMILES string of the molecule is C=C(C(=C/C)/C=C(\C)C(C)(C)C)N(C)CCNC(=C)C(C)(C)C. The number of hydrogen-bond donors (Lipinski definition) is 1. The molecular weight excluding hydrogens is 280 g/mol. The van der Waals surface area contributed by atoms with Gasteiger partial charge in [0, 0.05) is 36.9 Å². The maximum atomic E-state index is 4.27. The molecule has 0 aliphatic heterocycles. The van der Waals surface area contributed by atoms with Crippen LogP contribution in [-0.4, -0.2) is 25.0 Å². The zero-order chi connectivity index (χ0) is 18.4. The molecule has 0 radical (unpaired) electrons. The molecule has 0 heterocycles. The zero-order valence-corrected chi connectivity index (χ0v) is 16.9. The lowest BCUT2D eigenvalue weighted by Gasteiger charge is -2.27. The summed E-state index contributed by atoms with van der Waals surface area (Å²) in [5.41, 5.74) is 4.95. The van der Waals surface area contributed by atoms with Crippen LogP contribution in [0.25, 0.3) is 0 Å². The molecule has 0 aliphatic rings. The summed E-state index contributed by atoms with van der Waals surface area (Å²) in [5.74, 6) is 0. The quantitative estimate of drug-likeness (QED) is 0.622. The van der Waals surface area contributed by atoms with E-state index < -0.39 is 0 Å². The molecule has 0 aromatic rings. The molecule has 0 aliphatic carbocycles. The molecule has 23 heavy (non-hydrogen) atoms. The first kappa shape index (κ1) is 21.6. The van der Waals surface area contributed by atoms with Crippen LogP contribution in [-0.2, 0) is 0 Å². The van der Waals surface area contributed by atoms with Gasteiger partial charge in [-0.2, -0.15) is 0 Å². The normalized spacial score (nSPS) is 13.8. The molecule has 0 aromatic heterocycles. The fourth-order valence-corrected chi connectivity index (χ4v) is 1.78. The van der Waals surface area contributed by atoms with Crippen LogP contribution in [0.15, 0.2) is 47.9 Å². The molecule has 2 nitrogen and oxygen atoms in total. The lowest BCUT2D eigenvalue weighted by atomic mass is 9.86. The van der Waals surface area contributed by atoms with Gasteiger partial charge in [-0.3, -0.25) is 0 Å². The van der Waals surface area contributed by atoms with E-state index in [1.54, 1.807) is 0 Å². The van der Waals surface area contributed by atoms with Gasteiger partial charge in [0.05, 0.1) is 0 Å². The fourth-order valence-electron chi connectivity index (χ4n) is 1.78. The molecule has 0 saturated heterocycles. The van der Waals surface area contributed by atoms with E-state index in [0.717, 1.165) is 24.5 Å². The Hall–Kier alpha value is -1.44. The highest BCUT2D eigenvalue weighted by Gasteiger charge is 2.16. The van der Waals surface area contributed by atoms with E-state index in [4.69, 9.17) is 0 Å². The summed E-state index contributed by atoms with van der Waals surface area (Å²) in [4.78, 5) is 2.20. The van der Waals surface area contributed by atoms with E-state index in [0.29, 0.717) is 0 Å². The maximum Gasteiger partial charge on any atom is 0.0361 e. The predicted molar refractivity (Wildman–Crippen MR) is 105 cm³/mol. The number of rotatable bonds is 7. The molecule has 0 atom stereocenters. The van der Waals surface area contributed by atoms with Crippen molar-refractivity contribution >= 4 is 0 Å². The van der Waals surface area contributed by atoms with E-state index in [-0.39, 0.29) is 10.8 Å². The maximum absolute atomic E-state index is 4.27. The Morgan fingerprint density at radius 3 is 1.96 bits per heavy atom. The second kappa shape index (κ2) is 8.42. The summed E-state index contributed by atoms with van der Waals surface area (Å²) < 4.78 is 0. The molecule has 0 amide bonds. The summed E-state index contributed by atoms with van der Waals surface area (Å²) in [5, 5.41) is 3.42. The van der Waals surface area contributed by atoms with Crippen molar-refractivity contribution in [2.75, 3.05) is 20.1 Å². The van der Waals surface area contributed by atoms with Gasteiger partial charge in [-0.15, -0.1) is 0 Å². The zero-order valence-electron chi connectivity index (χ0n) is 16.9. The van der Waals surface area contributed by atoms with Gasteiger partial charge in [-0.25, -0.2) is 0 Å². The van der Waals surface area contributed by atoms with Gasteiger partial charge in [0.1, 0.15) is 0 Å². The molecule has 132 valence electrons. The first-order valence-corrected chi connectivity index (χ1v) is 8.49. The standard InChI is InChI=1S/C21H38N2/c1-12-19(15-16(2)20(5,6)7)17(3)23(11)14-13-22-18(4)21(8,9)10/h12,15,22H,3-4,13-14H2,1-2,5-11H3/b16-15+,19-12+. The van der Waals surface area contributed by atoms with Gasteiger partial charge in [0.25, 0.3) is 0 Å². The molecule has 1 N–H and O–H groups in total. The monoisotopic (exact) mass is 318 g/mol. The highest BCUT2D eigenvalue weighted by molar-refractivity contribution is 5.39. The number of allylic oxidation sites excluding steroid dienone is 4. The van der Waals surface area contributed by atoms with Gasteiger partial charge < -0.3 is 10.2 Å². The highest BCUT2D eigenvalue weighted by atomic mass is 15.1. The van der Waals surface area contributed by atoms with Gasteiger partial charge in [0.15, 0.2) is 0 Å². The molecule has 0 fully saturated rings. The van der Waals surface area contributed by atoms with Crippen molar-refractivity contribution in [3.05, 3.63) is 47.9 Å². The predicted octanol–water partition coefficient (Wildman–Crippen LogP) is 5.52. The highest BCUT2D eigenvalue weighted by Crippen LogP contribution is 2.27. The van der Waals surface area contributed by atoms with Crippen molar-refractivity contribution in [3.8, 4) is 0 Å². The van der Waals surface area contributed by atoms with Crippen molar-refractivity contribution in [1.29, 1.82) is 0 Å². The first-order chi connectivity index (χ1) is 10.3. The van der Waals surface area contributed by atoms with Crippen molar-refractivity contribution in [2.24, 2.45) is 10.8 Å². The summed E-state index contributed by atoms with van der Waals surface area (Å²) in [6.07, 6.45) is 4.38. The minimum atomic E-state index is 0.0939. The van der Waals surface area contributed by atoms with Gasteiger partial charge in [-0.05, 0) is 24.8 Å². The van der Waals surface area contributed by atoms with Crippen LogP contribution >= 0.6 is 0 Å². The fraction of sp³-hybridized carbons (Fsp3) is 0.619. The lowest BCUT2D eigenvalue weighted by molar-refractivity contribution is 0.403. The van der Waals surface area contributed by atoms with Crippen molar-refractivity contribution in [2.45, 2.75) is 55.4 Å². The minimum Gasteiger partial charge on any atom is -0.387 e. The molecular formula is C21H38N2. The number of nitrogens with zero attached hydrogens (tertiary/aromatic N) is 1. The summed E-state index contributed by atoms with van der Waals surface area (Å²) in [6.45, 7) is 27.6. The van der Waals surface area contributed by atoms with Gasteiger partial charge in [0.2, 0.25) is 0 Å². The number of nitrogens with one attached hydrogen (secondary N) is 1. The molecule has 0 rings (SSSR count). The smallest absolute Gasteiger partial charge is 0.0361 e. The van der Waals surface area contributed by atoms with E-state index in [2.05, 4.69) is 98.0 Å². The second-order valence-corrected chi connectivity index (χ2v) is 8.34. The van der Waals surface area contributed by atoms with E-state index in [1.807, 2.05) is 0 Å². The molecule has 0 aromatic carbocycles. The molecule has 0 bridgehead atoms.